The van der Waals surface area contributed by atoms with Crippen LogP contribution in [0, 0.1) is 23.7 Å². The van der Waals surface area contributed by atoms with Gasteiger partial charge in [0.05, 0.1) is 11.8 Å². The van der Waals surface area contributed by atoms with Crippen LogP contribution in [-0.2, 0) is 9.59 Å². The number of fused-ring (bicyclic) bond motifs is 2. The molecule has 0 saturated heterocycles. The van der Waals surface area contributed by atoms with Crippen LogP contribution in [0.15, 0.2) is 30.3 Å². The highest BCUT2D eigenvalue weighted by atomic mass is 16.4. The molecule has 0 unspecified atom stereocenters. The van der Waals surface area contributed by atoms with Crippen molar-refractivity contribution in [3.63, 3.8) is 0 Å². The second-order valence-electron chi connectivity index (χ2n) is 5.64. The molecule has 2 aliphatic rings. The lowest BCUT2D eigenvalue weighted by molar-refractivity contribution is -0.156. The van der Waals surface area contributed by atoms with E-state index < -0.39 is 23.8 Å². The van der Waals surface area contributed by atoms with Crippen LogP contribution in [0.1, 0.15) is 24.3 Å². The van der Waals surface area contributed by atoms with Crippen molar-refractivity contribution < 1.29 is 19.8 Å². The van der Waals surface area contributed by atoms with Crippen LogP contribution in [-0.4, -0.2) is 22.2 Å². The molecule has 0 radical (unpaired) electrons. The molecule has 2 N–H and O–H groups in total. The molecule has 0 heterocycles. The lowest BCUT2D eigenvalue weighted by Crippen LogP contribution is -2.37. The molecule has 2 fully saturated rings. The zero-order chi connectivity index (χ0) is 13.6. The molecule has 4 nitrogen and oxygen atoms in total. The molecule has 3 rings (SSSR count). The summed E-state index contributed by atoms with van der Waals surface area (Å²) in [4.78, 5) is 22.7. The van der Waals surface area contributed by atoms with Crippen molar-refractivity contribution in [3.05, 3.63) is 35.9 Å². The summed E-state index contributed by atoms with van der Waals surface area (Å²) in [5.74, 6) is -3.18. The van der Waals surface area contributed by atoms with Crippen LogP contribution in [0.5, 0.6) is 0 Å². The summed E-state index contributed by atoms with van der Waals surface area (Å²) in [5.41, 5.74) is 1.14. The van der Waals surface area contributed by atoms with Gasteiger partial charge in [0.15, 0.2) is 0 Å². The van der Waals surface area contributed by atoms with E-state index >= 15 is 0 Å². The summed E-state index contributed by atoms with van der Waals surface area (Å²) in [6.45, 7) is 0. The van der Waals surface area contributed by atoms with Crippen LogP contribution >= 0.6 is 0 Å². The third-order valence-electron chi connectivity index (χ3n) is 4.80. The van der Waals surface area contributed by atoms with Gasteiger partial charge in [-0.2, -0.15) is 0 Å². The number of hydrogen-bond acceptors (Lipinski definition) is 2. The van der Waals surface area contributed by atoms with Gasteiger partial charge in [-0.15, -0.1) is 0 Å². The zero-order valence-corrected chi connectivity index (χ0v) is 10.4. The fourth-order valence-electron chi connectivity index (χ4n) is 4.14. The van der Waals surface area contributed by atoms with E-state index in [1.54, 1.807) is 0 Å². The first-order valence-corrected chi connectivity index (χ1v) is 6.60. The van der Waals surface area contributed by atoms with E-state index in [-0.39, 0.29) is 17.8 Å². The largest absolute Gasteiger partial charge is 0.481 e. The van der Waals surface area contributed by atoms with Gasteiger partial charge in [-0.25, -0.2) is 0 Å². The average Bonchev–Trinajstić information content (AvgIpc) is 2.96. The molecule has 5 atom stereocenters. The Morgan fingerprint density at radius 3 is 2.16 bits per heavy atom. The summed E-state index contributed by atoms with van der Waals surface area (Å²) in [7, 11) is 0. The van der Waals surface area contributed by atoms with Crippen molar-refractivity contribution in [2.75, 3.05) is 0 Å². The zero-order valence-electron chi connectivity index (χ0n) is 10.4. The van der Waals surface area contributed by atoms with Gasteiger partial charge in [0.2, 0.25) is 0 Å². The van der Waals surface area contributed by atoms with E-state index in [1.807, 2.05) is 30.3 Å². The highest BCUT2D eigenvalue weighted by Crippen LogP contribution is 2.58. The van der Waals surface area contributed by atoms with Crippen LogP contribution in [0.3, 0.4) is 0 Å². The maximum atomic E-state index is 11.4. The second kappa shape index (κ2) is 4.37. The first-order valence-electron chi connectivity index (χ1n) is 6.60. The average molecular weight is 260 g/mol. The van der Waals surface area contributed by atoms with Gasteiger partial charge in [-0.05, 0) is 36.2 Å². The van der Waals surface area contributed by atoms with Gasteiger partial charge >= 0.3 is 11.9 Å². The molecule has 4 heteroatoms. The van der Waals surface area contributed by atoms with E-state index in [2.05, 4.69) is 0 Å². The lowest BCUT2D eigenvalue weighted by atomic mass is 9.71. The summed E-state index contributed by atoms with van der Waals surface area (Å²) in [6, 6.07) is 9.86. The van der Waals surface area contributed by atoms with Gasteiger partial charge < -0.3 is 10.2 Å². The van der Waals surface area contributed by atoms with Crippen molar-refractivity contribution in [3.8, 4) is 0 Å². The molecule has 1 aromatic carbocycles. The summed E-state index contributed by atoms with van der Waals surface area (Å²) >= 11 is 0. The highest BCUT2D eigenvalue weighted by Gasteiger charge is 2.58. The number of hydrogen-bond donors (Lipinski definition) is 2. The molecule has 1 aromatic rings. The topological polar surface area (TPSA) is 74.6 Å². The highest BCUT2D eigenvalue weighted by molar-refractivity contribution is 5.82. The van der Waals surface area contributed by atoms with Gasteiger partial charge in [0, 0.05) is 0 Å². The van der Waals surface area contributed by atoms with Gasteiger partial charge in [0.1, 0.15) is 0 Å². The summed E-state index contributed by atoms with van der Waals surface area (Å²) < 4.78 is 0. The molecule has 0 spiro atoms. The Balaban J connectivity index is 1.92. The van der Waals surface area contributed by atoms with Crippen LogP contribution in [0.2, 0.25) is 0 Å². The first kappa shape index (κ1) is 12.2. The molecule has 2 aliphatic carbocycles. The Morgan fingerprint density at radius 2 is 1.58 bits per heavy atom. The number of aliphatic carboxylic acids is 2. The molecule has 19 heavy (non-hydrogen) atoms. The minimum absolute atomic E-state index is 0.00815. The van der Waals surface area contributed by atoms with Gasteiger partial charge in [-0.3, -0.25) is 9.59 Å². The van der Waals surface area contributed by atoms with E-state index in [0.29, 0.717) is 0 Å². The van der Waals surface area contributed by atoms with E-state index in [1.165, 1.54) is 0 Å². The number of carboxylic acid groups (broad SMARTS) is 2. The van der Waals surface area contributed by atoms with Gasteiger partial charge in [0.25, 0.3) is 0 Å². The van der Waals surface area contributed by atoms with Crippen molar-refractivity contribution in [2.45, 2.75) is 18.8 Å². The standard InChI is InChI=1S/C15H16O4/c16-14(17)12-9-6-10(8-4-2-1-3-5-8)11(7-9)13(12)15(18)19/h1-5,9-13H,6-7H2,(H,16,17)(H,18,19)/t9-,10-,11-,12+,13-/m0/s1. The fraction of sp³-hybridized carbons (Fsp3) is 0.467. The van der Waals surface area contributed by atoms with E-state index in [0.717, 1.165) is 18.4 Å². The smallest absolute Gasteiger partial charge is 0.307 e. The number of benzene rings is 1. The number of carboxylic acids is 2. The monoisotopic (exact) mass is 260 g/mol. The van der Waals surface area contributed by atoms with Crippen LogP contribution in [0.25, 0.3) is 0 Å². The Bertz CT molecular complexity index is 510. The molecular weight excluding hydrogens is 244 g/mol. The maximum Gasteiger partial charge on any atom is 0.307 e. The Labute approximate surface area is 111 Å². The van der Waals surface area contributed by atoms with Crippen molar-refractivity contribution >= 4 is 11.9 Å². The molecule has 0 aromatic heterocycles. The Kier molecular flexibility index (Phi) is 2.81. The fourth-order valence-corrected chi connectivity index (χ4v) is 4.14. The quantitative estimate of drug-likeness (QED) is 0.873. The van der Waals surface area contributed by atoms with Crippen molar-refractivity contribution in [1.29, 1.82) is 0 Å². The SMILES string of the molecule is O=C(O)[C@@H]1[C@@H]2C[C@H]([C@@H]1C(=O)O)[C@H](c1ccccc1)C2. The maximum absolute atomic E-state index is 11.4. The van der Waals surface area contributed by atoms with Crippen molar-refractivity contribution in [1.82, 2.24) is 0 Å². The summed E-state index contributed by atoms with van der Waals surface area (Å²) in [6.07, 6.45) is 1.53. The molecule has 2 saturated carbocycles. The minimum Gasteiger partial charge on any atom is -0.481 e. The predicted octanol–water partition coefficient (Wildman–Crippen LogP) is 2.21. The van der Waals surface area contributed by atoms with E-state index in [9.17, 15) is 19.8 Å². The normalized spacial score (nSPS) is 36.3. The third kappa shape index (κ3) is 1.82. The molecule has 100 valence electrons. The summed E-state index contributed by atoms with van der Waals surface area (Å²) in [5, 5.41) is 18.6. The minimum atomic E-state index is -0.958. The van der Waals surface area contributed by atoms with Gasteiger partial charge in [-0.1, -0.05) is 30.3 Å². The first-order chi connectivity index (χ1) is 9.09. The molecular formula is C15H16O4. The molecule has 0 aliphatic heterocycles. The lowest BCUT2D eigenvalue weighted by Gasteiger charge is -2.31. The number of carbonyl (C=O) groups is 2. The molecule has 2 bridgehead atoms. The Morgan fingerprint density at radius 1 is 0.947 bits per heavy atom. The predicted molar refractivity (Wildman–Crippen MR) is 67.6 cm³/mol. The number of rotatable bonds is 3. The van der Waals surface area contributed by atoms with E-state index in [4.69, 9.17) is 0 Å². The Hall–Kier alpha value is -1.84. The third-order valence-corrected chi connectivity index (χ3v) is 4.80. The van der Waals surface area contributed by atoms with Crippen LogP contribution in [0.4, 0.5) is 0 Å². The molecule has 0 amide bonds. The van der Waals surface area contributed by atoms with Crippen molar-refractivity contribution in [2.24, 2.45) is 23.7 Å². The van der Waals surface area contributed by atoms with Crippen LogP contribution < -0.4 is 0 Å². The second-order valence-corrected chi connectivity index (χ2v) is 5.64.